The van der Waals surface area contributed by atoms with Gasteiger partial charge in [-0.05, 0) is 12.8 Å². The maximum absolute atomic E-state index is 11.3. The number of allylic oxidation sites excluding steroid dienone is 1. The van der Waals surface area contributed by atoms with E-state index in [0.29, 0.717) is 6.42 Å². The average Bonchev–Trinajstić information content (AvgIpc) is 3.18. The molecule has 0 fully saturated rings. The lowest BCUT2D eigenvalue weighted by molar-refractivity contribution is -0.805. The number of nitrogens with zero attached hydrogens (tertiary/aromatic N) is 2. The quantitative estimate of drug-likeness (QED) is 0.0984. The molecule has 190 valence electrons. The highest BCUT2D eigenvalue weighted by atomic mass is 16.4. The topological polar surface area (TPSA) is 75.7 Å². The van der Waals surface area contributed by atoms with Crippen molar-refractivity contribution in [2.75, 3.05) is 6.54 Å². The minimum atomic E-state index is -0.858. The fourth-order valence-corrected chi connectivity index (χ4v) is 4.65. The Hall–Kier alpha value is -1.46. The number of aliphatic imine (C=N–C) groups is 1. The van der Waals surface area contributed by atoms with Gasteiger partial charge < -0.3 is 5.11 Å². The molecule has 2 unspecified atom stereocenters. The first-order chi connectivity index (χ1) is 16.0. The molecule has 2 atom stereocenters. The number of hydrogen-bond acceptors (Lipinski definition) is 3. The Labute approximate surface area is 203 Å². The van der Waals surface area contributed by atoms with Crippen molar-refractivity contribution < 1.29 is 14.4 Å². The molecule has 0 spiro atoms. The van der Waals surface area contributed by atoms with Crippen molar-refractivity contribution in [2.24, 2.45) is 10.7 Å². The van der Waals surface area contributed by atoms with E-state index in [1.807, 2.05) is 6.92 Å². The van der Waals surface area contributed by atoms with Crippen LogP contribution in [0.1, 0.15) is 129 Å². The summed E-state index contributed by atoms with van der Waals surface area (Å²) >= 11 is 0. The molecule has 0 saturated carbocycles. The lowest BCUT2D eigenvalue weighted by Gasteiger charge is -2.34. The summed E-state index contributed by atoms with van der Waals surface area (Å²) in [5.74, 6) is -0.0423. The van der Waals surface area contributed by atoms with Crippen molar-refractivity contribution in [3.8, 4) is 0 Å². The zero-order valence-corrected chi connectivity index (χ0v) is 21.6. The summed E-state index contributed by atoms with van der Waals surface area (Å²) in [6.07, 6.45) is 31.5. The fraction of sp³-hybridized carbons (Fsp3) is 0.786. The molecule has 5 heteroatoms. The molecule has 0 radical (unpaired) electrons. The van der Waals surface area contributed by atoms with Crippen LogP contribution in [0.4, 0.5) is 0 Å². The molecule has 1 aliphatic heterocycles. The normalized spacial score (nSPS) is 18.8. The number of aliphatic carboxylic acids is 1. The standard InChI is InChI=1S/C28H51N3O2/c1-3-4-5-6-7-8-9-10-11-12-13-14-15-16-17-18-19-20-21-22-27-30-23-24-31(27,26(2)29)25-28(32)33/h20-21,23-24,26H,3-19,22,25,29H2,1-2H3/p+1/b21-20+. The van der Waals surface area contributed by atoms with Gasteiger partial charge in [0.2, 0.25) is 5.84 Å². The lowest BCUT2D eigenvalue weighted by atomic mass is 10.0. The predicted molar refractivity (Wildman–Crippen MR) is 141 cm³/mol. The Kier molecular flexibility index (Phi) is 16.9. The number of carbonyl (C=O) groups is 1. The van der Waals surface area contributed by atoms with Crippen LogP contribution in [0.15, 0.2) is 29.5 Å². The minimum absolute atomic E-state index is 0.0556. The van der Waals surface area contributed by atoms with Crippen molar-refractivity contribution in [3.63, 3.8) is 0 Å². The summed E-state index contributed by atoms with van der Waals surface area (Å²) in [6.45, 7) is 4.07. The molecular formula is C28H52N3O2+. The van der Waals surface area contributed by atoms with Crippen LogP contribution in [0.5, 0.6) is 0 Å². The van der Waals surface area contributed by atoms with Crippen LogP contribution in [0.25, 0.3) is 0 Å². The third kappa shape index (κ3) is 13.1. The molecule has 0 aromatic carbocycles. The van der Waals surface area contributed by atoms with E-state index in [4.69, 9.17) is 5.73 Å². The molecule has 1 heterocycles. The van der Waals surface area contributed by atoms with Gasteiger partial charge in [0.1, 0.15) is 12.4 Å². The van der Waals surface area contributed by atoms with Gasteiger partial charge in [-0.25, -0.2) is 14.3 Å². The second-order valence-corrected chi connectivity index (χ2v) is 9.83. The summed E-state index contributed by atoms with van der Waals surface area (Å²) in [5.41, 5.74) is 6.10. The van der Waals surface area contributed by atoms with Gasteiger partial charge in [0.05, 0.1) is 12.6 Å². The van der Waals surface area contributed by atoms with E-state index in [0.717, 1.165) is 12.3 Å². The maximum Gasteiger partial charge on any atom is 0.360 e. The van der Waals surface area contributed by atoms with E-state index in [9.17, 15) is 9.90 Å². The number of rotatable bonds is 22. The average molecular weight is 463 g/mol. The lowest BCUT2D eigenvalue weighted by Crippen LogP contribution is -2.58. The van der Waals surface area contributed by atoms with E-state index in [1.54, 1.807) is 12.4 Å². The largest absolute Gasteiger partial charge is 0.477 e. The fourth-order valence-electron chi connectivity index (χ4n) is 4.65. The van der Waals surface area contributed by atoms with E-state index >= 15 is 0 Å². The van der Waals surface area contributed by atoms with Crippen LogP contribution in [-0.2, 0) is 4.79 Å². The molecule has 0 aromatic rings. The van der Waals surface area contributed by atoms with Gasteiger partial charge in [0.15, 0.2) is 6.54 Å². The summed E-state index contributed by atoms with van der Waals surface area (Å²) < 4.78 is 0.124. The van der Waals surface area contributed by atoms with Gasteiger partial charge in [-0.15, -0.1) is 0 Å². The van der Waals surface area contributed by atoms with Crippen LogP contribution in [0, 0.1) is 0 Å². The van der Waals surface area contributed by atoms with E-state index < -0.39 is 5.97 Å². The number of carboxylic acids is 1. The van der Waals surface area contributed by atoms with Gasteiger partial charge in [-0.2, -0.15) is 0 Å². The number of hydrogen-bond donors (Lipinski definition) is 2. The number of quaternary nitrogens is 1. The molecule has 33 heavy (non-hydrogen) atoms. The number of amidine groups is 1. The monoisotopic (exact) mass is 462 g/mol. The predicted octanol–water partition coefficient (Wildman–Crippen LogP) is 7.67. The first kappa shape index (κ1) is 29.6. The van der Waals surface area contributed by atoms with E-state index in [2.05, 4.69) is 24.1 Å². The van der Waals surface area contributed by atoms with Crippen molar-refractivity contribution in [3.05, 3.63) is 24.6 Å². The molecule has 0 aliphatic carbocycles. The number of unbranched alkanes of at least 4 members (excludes halogenated alkanes) is 16. The van der Waals surface area contributed by atoms with Gasteiger partial charge in [-0.3, -0.25) is 5.73 Å². The van der Waals surface area contributed by atoms with Gasteiger partial charge in [-0.1, -0.05) is 115 Å². The zero-order valence-electron chi connectivity index (χ0n) is 21.6. The summed E-state index contributed by atoms with van der Waals surface area (Å²) in [6, 6.07) is 0. The molecule has 0 aromatic heterocycles. The Bertz CT molecular complexity index is 598. The van der Waals surface area contributed by atoms with Crippen LogP contribution in [0.2, 0.25) is 0 Å². The molecular weight excluding hydrogens is 410 g/mol. The zero-order chi connectivity index (χ0) is 24.2. The minimum Gasteiger partial charge on any atom is -0.477 e. The molecule has 3 N–H and O–H groups in total. The van der Waals surface area contributed by atoms with E-state index in [1.165, 1.54) is 103 Å². The summed E-state index contributed by atoms with van der Waals surface area (Å²) in [7, 11) is 0. The molecule has 0 amide bonds. The number of nitrogens with two attached hydrogens (primary N) is 1. The second kappa shape index (κ2) is 18.9. The highest BCUT2D eigenvalue weighted by molar-refractivity contribution is 5.82. The Morgan fingerprint density at radius 3 is 1.85 bits per heavy atom. The third-order valence-corrected chi connectivity index (χ3v) is 6.85. The number of carboxylic acid groups (broad SMARTS) is 1. The molecule has 0 saturated heterocycles. The van der Waals surface area contributed by atoms with Gasteiger partial charge in [0.25, 0.3) is 0 Å². The van der Waals surface area contributed by atoms with Crippen LogP contribution in [-0.4, -0.2) is 34.1 Å². The first-order valence-corrected chi connectivity index (χ1v) is 13.8. The van der Waals surface area contributed by atoms with Gasteiger partial charge >= 0.3 is 5.97 Å². The van der Waals surface area contributed by atoms with Crippen molar-refractivity contribution in [1.82, 2.24) is 0 Å². The molecule has 5 nitrogen and oxygen atoms in total. The van der Waals surface area contributed by atoms with Crippen molar-refractivity contribution in [1.29, 1.82) is 0 Å². The first-order valence-electron chi connectivity index (χ1n) is 13.8. The SMILES string of the molecule is CCCCCCCCCCCCCCCCCC/C=C/CC1=NC=C[N+]1(CC(=O)O)C(C)N. The van der Waals surface area contributed by atoms with Crippen LogP contribution >= 0.6 is 0 Å². The molecule has 1 rings (SSSR count). The smallest absolute Gasteiger partial charge is 0.360 e. The van der Waals surface area contributed by atoms with E-state index in [-0.39, 0.29) is 17.2 Å². The summed E-state index contributed by atoms with van der Waals surface area (Å²) in [5, 5.41) is 9.26. The van der Waals surface area contributed by atoms with Crippen molar-refractivity contribution in [2.45, 2.75) is 136 Å². The Morgan fingerprint density at radius 2 is 1.39 bits per heavy atom. The highest BCUT2D eigenvalue weighted by Crippen LogP contribution is 2.22. The Balaban J connectivity index is 1.95. The third-order valence-electron chi connectivity index (χ3n) is 6.85. The van der Waals surface area contributed by atoms with Crippen LogP contribution < -0.4 is 5.73 Å². The highest BCUT2D eigenvalue weighted by Gasteiger charge is 2.40. The van der Waals surface area contributed by atoms with Crippen LogP contribution in [0.3, 0.4) is 0 Å². The molecule has 1 aliphatic rings. The maximum atomic E-state index is 11.3. The second-order valence-electron chi connectivity index (χ2n) is 9.83. The summed E-state index contributed by atoms with van der Waals surface area (Å²) in [4.78, 5) is 15.7. The van der Waals surface area contributed by atoms with Crippen molar-refractivity contribution >= 4 is 11.8 Å². The Morgan fingerprint density at radius 1 is 0.909 bits per heavy atom. The molecule has 0 bridgehead atoms. The van der Waals surface area contributed by atoms with Gasteiger partial charge in [0, 0.05) is 6.92 Å².